The SMILES string of the molecule is Cc1ccc(NS(=O)(=O)c2cc(F)ccc2N)cc1. The quantitative estimate of drug-likeness (QED) is 0.848. The maximum absolute atomic E-state index is 13.1. The molecular formula is C13H13FN2O2S. The van der Waals surface area contributed by atoms with Crippen LogP contribution in [0.25, 0.3) is 0 Å². The lowest BCUT2D eigenvalue weighted by Gasteiger charge is -2.10. The summed E-state index contributed by atoms with van der Waals surface area (Å²) in [5, 5.41) is 0. The Balaban J connectivity index is 2.37. The number of sulfonamides is 1. The molecule has 0 spiro atoms. The number of halogens is 1. The van der Waals surface area contributed by atoms with Gasteiger partial charge in [-0.2, -0.15) is 0 Å². The van der Waals surface area contributed by atoms with Gasteiger partial charge in [0.1, 0.15) is 10.7 Å². The van der Waals surface area contributed by atoms with Crippen molar-refractivity contribution in [3.63, 3.8) is 0 Å². The molecule has 0 unspecified atom stereocenters. The van der Waals surface area contributed by atoms with Gasteiger partial charge < -0.3 is 5.73 Å². The molecule has 0 atom stereocenters. The number of hydrogen-bond donors (Lipinski definition) is 2. The molecule has 0 saturated heterocycles. The summed E-state index contributed by atoms with van der Waals surface area (Å²) in [4.78, 5) is -0.270. The van der Waals surface area contributed by atoms with Crippen LogP contribution in [-0.2, 0) is 10.0 Å². The Morgan fingerprint density at radius 1 is 1.11 bits per heavy atom. The van der Waals surface area contributed by atoms with Crippen molar-refractivity contribution in [1.82, 2.24) is 0 Å². The number of nitrogens with two attached hydrogens (primary N) is 1. The van der Waals surface area contributed by atoms with E-state index in [-0.39, 0.29) is 10.6 Å². The summed E-state index contributed by atoms with van der Waals surface area (Å²) >= 11 is 0. The molecule has 0 heterocycles. The smallest absolute Gasteiger partial charge is 0.264 e. The summed E-state index contributed by atoms with van der Waals surface area (Å²) in [7, 11) is -3.89. The Bertz CT molecular complexity index is 697. The number of nitrogens with one attached hydrogen (secondary N) is 1. The number of hydrogen-bond acceptors (Lipinski definition) is 3. The van der Waals surface area contributed by atoms with Crippen LogP contribution in [0.5, 0.6) is 0 Å². The van der Waals surface area contributed by atoms with E-state index < -0.39 is 15.8 Å². The summed E-state index contributed by atoms with van der Waals surface area (Å²) in [6.45, 7) is 1.89. The molecule has 0 aliphatic heterocycles. The van der Waals surface area contributed by atoms with E-state index in [9.17, 15) is 12.8 Å². The van der Waals surface area contributed by atoms with Gasteiger partial charge in [-0.05, 0) is 37.3 Å². The second-order valence-electron chi connectivity index (χ2n) is 4.15. The largest absolute Gasteiger partial charge is 0.398 e. The Labute approximate surface area is 111 Å². The van der Waals surface area contributed by atoms with Gasteiger partial charge in [-0.25, -0.2) is 12.8 Å². The van der Waals surface area contributed by atoms with Crippen molar-refractivity contribution in [3.8, 4) is 0 Å². The summed E-state index contributed by atoms with van der Waals surface area (Å²) in [6, 6.07) is 10.0. The molecule has 0 aromatic heterocycles. The Morgan fingerprint density at radius 2 is 1.74 bits per heavy atom. The average molecular weight is 280 g/mol. The first-order valence-electron chi connectivity index (χ1n) is 5.53. The van der Waals surface area contributed by atoms with Gasteiger partial charge in [0.2, 0.25) is 0 Å². The van der Waals surface area contributed by atoms with Crippen LogP contribution >= 0.6 is 0 Å². The minimum absolute atomic E-state index is 0.000937. The molecule has 2 rings (SSSR count). The van der Waals surface area contributed by atoms with Crippen LogP contribution in [0.4, 0.5) is 15.8 Å². The number of nitrogen functional groups attached to an aromatic ring is 1. The van der Waals surface area contributed by atoms with Crippen molar-refractivity contribution in [1.29, 1.82) is 0 Å². The zero-order chi connectivity index (χ0) is 14.0. The minimum atomic E-state index is -3.89. The van der Waals surface area contributed by atoms with Crippen molar-refractivity contribution in [3.05, 3.63) is 53.8 Å². The van der Waals surface area contributed by atoms with Crippen molar-refractivity contribution < 1.29 is 12.8 Å². The fourth-order valence-electron chi connectivity index (χ4n) is 1.57. The Kier molecular flexibility index (Phi) is 3.44. The standard InChI is InChI=1S/C13H13FN2O2S/c1-9-2-5-11(6-3-9)16-19(17,18)13-8-10(14)4-7-12(13)15/h2-8,16H,15H2,1H3. The molecule has 0 aliphatic rings. The van der Waals surface area contributed by atoms with Crippen molar-refractivity contribution >= 4 is 21.4 Å². The molecule has 2 aromatic rings. The molecule has 100 valence electrons. The zero-order valence-corrected chi connectivity index (χ0v) is 11.0. The topological polar surface area (TPSA) is 72.2 Å². The highest BCUT2D eigenvalue weighted by molar-refractivity contribution is 7.92. The molecule has 6 heteroatoms. The molecule has 0 bridgehead atoms. The molecule has 0 radical (unpaired) electrons. The molecule has 0 saturated carbocycles. The lowest BCUT2D eigenvalue weighted by Crippen LogP contribution is -2.15. The van der Waals surface area contributed by atoms with Gasteiger partial charge in [-0.15, -0.1) is 0 Å². The Morgan fingerprint density at radius 3 is 2.37 bits per heavy atom. The average Bonchev–Trinajstić information content (AvgIpc) is 2.35. The van der Waals surface area contributed by atoms with Gasteiger partial charge in [-0.3, -0.25) is 4.72 Å². The van der Waals surface area contributed by atoms with Gasteiger partial charge in [0.15, 0.2) is 0 Å². The number of benzene rings is 2. The van der Waals surface area contributed by atoms with Crippen LogP contribution in [0.2, 0.25) is 0 Å². The van der Waals surface area contributed by atoms with E-state index in [0.717, 1.165) is 17.7 Å². The van der Waals surface area contributed by atoms with Crippen LogP contribution in [0, 0.1) is 12.7 Å². The molecule has 3 N–H and O–H groups in total. The van der Waals surface area contributed by atoms with E-state index in [4.69, 9.17) is 5.73 Å². The summed E-state index contributed by atoms with van der Waals surface area (Å²) < 4.78 is 39.7. The third-order valence-electron chi connectivity index (χ3n) is 2.57. The Hall–Kier alpha value is -2.08. The first-order chi connectivity index (χ1) is 8.88. The predicted molar refractivity (Wildman–Crippen MR) is 72.8 cm³/mol. The first-order valence-corrected chi connectivity index (χ1v) is 7.01. The number of anilines is 2. The third kappa shape index (κ3) is 3.03. The highest BCUT2D eigenvalue weighted by Gasteiger charge is 2.18. The van der Waals surface area contributed by atoms with Crippen molar-refractivity contribution in [2.75, 3.05) is 10.5 Å². The van der Waals surface area contributed by atoms with E-state index in [1.807, 2.05) is 6.92 Å². The normalized spacial score (nSPS) is 11.3. The van der Waals surface area contributed by atoms with Crippen LogP contribution in [-0.4, -0.2) is 8.42 Å². The van der Waals surface area contributed by atoms with Gasteiger partial charge in [0.05, 0.1) is 5.69 Å². The van der Waals surface area contributed by atoms with Gasteiger partial charge in [0, 0.05) is 5.69 Å². The summed E-state index contributed by atoms with van der Waals surface area (Å²) in [5.41, 5.74) is 6.97. The van der Waals surface area contributed by atoms with E-state index in [2.05, 4.69) is 4.72 Å². The zero-order valence-electron chi connectivity index (χ0n) is 10.2. The maximum atomic E-state index is 13.1. The van der Waals surface area contributed by atoms with Crippen molar-refractivity contribution in [2.24, 2.45) is 0 Å². The first kappa shape index (κ1) is 13.4. The lowest BCUT2D eigenvalue weighted by molar-refractivity contribution is 0.596. The highest BCUT2D eigenvalue weighted by atomic mass is 32.2. The van der Waals surface area contributed by atoms with E-state index in [1.54, 1.807) is 24.3 Å². The van der Waals surface area contributed by atoms with Crippen molar-refractivity contribution in [2.45, 2.75) is 11.8 Å². The van der Waals surface area contributed by atoms with Gasteiger partial charge >= 0.3 is 0 Å². The van der Waals surface area contributed by atoms with Crippen LogP contribution in [0.15, 0.2) is 47.4 Å². The molecule has 4 nitrogen and oxygen atoms in total. The highest BCUT2D eigenvalue weighted by Crippen LogP contribution is 2.22. The molecule has 0 aliphatic carbocycles. The maximum Gasteiger partial charge on any atom is 0.264 e. The number of aryl methyl sites for hydroxylation is 1. The molecule has 0 amide bonds. The van der Waals surface area contributed by atoms with Crippen LogP contribution < -0.4 is 10.5 Å². The summed E-state index contributed by atoms with van der Waals surface area (Å²) in [5.74, 6) is -0.654. The van der Waals surface area contributed by atoms with Gasteiger partial charge in [0.25, 0.3) is 10.0 Å². The van der Waals surface area contributed by atoms with E-state index in [0.29, 0.717) is 5.69 Å². The molecule has 0 fully saturated rings. The summed E-state index contributed by atoms with van der Waals surface area (Å²) in [6.07, 6.45) is 0. The fraction of sp³-hybridized carbons (Fsp3) is 0.0769. The second-order valence-corrected chi connectivity index (χ2v) is 5.80. The number of rotatable bonds is 3. The van der Waals surface area contributed by atoms with Crippen LogP contribution in [0.3, 0.4) is 0 Å². The second kappa shape index (κ2) is 4.89. The van der Waals surface area contributed by atoms with Crippen LogP contribution in [0.1, 0.15) is 5.56 Å². The lowest BCUT2D eigenvalue weighted by atomic mass is 10.2. The predicted octanol–water partition coefficient (Wildman–Crippen LogP) is 2.52. The van der Waals surface area contributed by atoms with E-state index in [1.165, 1.54) is 6.07 Å². The monoisotopic (exact) mass is 280 g/mol. The van der Waals surface area contributed by atoms with Gasteiger partial charge in [-0.1, -0.05) is 17.7 Å². The minimum Gasteiger partial charge on any atom is -0.398 e. The molecular weight excluding hydrogens is 267 g/mol. The van der Waals surface area contributed by atoms with E-state index >= 15 is 0 Å². The fourth-order valence-corrected chi connectivity index (χ4v) is 2.78. The molecule has 19 heavy (non-hydrogen) atoms. The third-order valence-corrected chi connectivity index (χ3v) is 4.01. The molecule has 2 aromatic carbocycles.